The van der Waals surface area contributed by atoms with Crippen LogP contribution in [0.4, 0.5) is 4.79 Å². The third-order valence-corrected chi connectivity index (χ3v) is 7.21. The highest BCUT2D eigenvalue weighted by molar-refractivity contribution is 6.02. The summed E-state index contributed by atoms with van der Waals surface area (Å²) in [7, 11) is 0. The monoisotopic (exact) mass is 482 g/mol. The SMILES string of the molecule is Cc1c2c(c(-c3ccco3)c3c1C(=O)NCC3)OC(C)(C1CCC(NC(=O)OC(C)(C)C)CC1)O2. The Hall–Kier alpha value is -3.16. The van der Waals surface area contributed by atoms with Gasteiger partial charge in [0.05, 0.1) is 17.4 Å². The topological polar surface area (TPSA) is 99.0 Å². The van der Waals surface area contributed by atoms with E-state index in [2.05, 4.69) is 10.6 Å². The van der Waals surface area contributed by atoms with E-state index in [1.54, 1.807) is 6.26 Å². The van der Waals surface area contributed by atoms with E-state index in [1.807, 2.05) is 46.8 Å². The molecule has 1 aromatic heterocycles. The molecule has 0 spiro atoms. The van der Waals surface area contributed by atoms with Crippen molar-refractivity contribution in [2.45, 2.75) is 84.2 Å². The smallest absolute Gasteiger partial charge is 0.407 e. The van der Waals surface area contributed by atoms with Gasteiger partial charge in [-0.3, -0.25) is 4.79 Å². The number of carbonyl (C=O) groups is 2. The van der Waals surface area contributed by atoms with Gasteiger partial charge < -0.3 is 29.3 Å². The number of rotatable bonds is 3. The fourth-order valence-corrected chi connectivity index (χ4v) is 5.56. The zero-order valence-corrected chi connectivity index (χ0v) is 21.1. The zero-order chi connectivity index (χ0) is 25.0. The van der Waals surface area contributed by atoms with E-state index in [4.69, 9.17) is 18.6 Å². The molecule has 188 valence electrons. The highest BCUT2D eigenvalue weighted by Gasteiger charge is 2.49. The van der Waals surface area contributed by atoms with E-state index in [-0.39, 0.29) is 24.0 Å². The molecule has 2 amide bonds. The van der Waals surface area contributed by atoms with Gasteiger partial charge in [0, 0.05) is 31.0 Å². The molecule has 1 aliphatic carbocycles. The Bertz CT molecular complexity index is 1140. The summed E-state index contributed by atoms with van der Waals surface area (Å²) in [5, 5.41) is 5.95. The van der Waals surface area contributed by atoms with Gasteiger partial charge in [-0.25, -0.2) is 4.79 Å². The first-order valence-electron chi connectivity index (χ1n) is 12.4. The lowest BCUT2D eigenvalue weighted by Gasteiger charge is -2.37. The zero-order valence-electron chi connectivity index (χ0n) is 21.1. The van der Waals surface area contributed by atoms with Crippen molar-refractivity contribution < 1.29 is 28.2 Å². The molecule has 8 nitrogen and oxygen atoms in total. The minimum atomic E-state index is -0.869. The van der Waals surface area contributed by atoms with E-state index in [0.717, 1.165) is 42.4 Å². The van der Waals surface area contributed by atoms with Gasteiger partial charge in [0.2, 0.25) is 0 Å². The van der Waals surface area contributed by atoms with E-state index >= 15 is 0 Å². The molecule has 35 heavy (non-hydrogen) atoms. The second-order valence-corrected chi connectivity index (χ2v) is 10.9. The number of nitrogens with one attached hydrogen (secondary N) is 2. The Balaban J connectivity index is 1.38. The molecule has 0 saturated heterocycles. The van der Waals surface area contributed by atoms with Gasteiger partial charge in [0.1, 0.15) is 11.4 Å². The molecule has 0 bridgehead atoms. The average molecular weight is 483 g/mol. The molecule has 2 N–H and O–H groups in total. The predicted octanol–water partition coefficient (Wildman–Crippen LogP) is 5.11. The predicted molar refractivity (Wildman–Crippen MR) is 130 cm³/mol. The van der Waals surface area contributed by atoms with Gasteiger partial charge in [0.15, 0.2) is 11.5 Å². The van der Waals surface area contributed by atoms with Crippen LogP contribution in [0.25, 0.3) is 11.3 Å². The van der Waals surface area contributed by atoms with Crippen molar-refractivity contribution in [1.29, 1.82) is 0 Å². The number of amides is 2. The van der Waals surface area contributed by atoms with Crippen LogP contribution in [-0.2, 0) is 11.2 Å². The highest BCUT2D eigenvalue weighted by Crippen LogP contribution is 2.54. The lowest BCUT2D eigenvalue weighted by molar-refractivity contribution is -0.121. The van der Waals surface area contributed by atoms with Crippen molar-refractivity contribution in [3.8, 4) is 22.8 Å². The molecule has 3 aliphatic rings. The number of benzene rings is 1. The molecular weight excluding hydrogens is 448 g/mol. The molecule has 2 aromatic rings. The summed E-state index contributed by atoms with van der Waals surface area (Å²) in [6.07, 6.45) is 5.24. The first kappa shape index (κ1) is 23.6. The van der Waals surface area contributed by atoms with Crippen LogP contribution in [0.15, 0.2) is 22.8 Å². The highest BCUT2D eigenvalue weighted by atomic mass is 16.7. The maximum Gasteiger partial charge on any atom is 0.407 e. The van der Waals surface area contributed by atoms with Crippen molar-refractivity contribution in [3.05, 3.63) is 35.1 Å². The lowest BCUT2D eigenvalue weighted by atomic mass is 9.81. The molecule has 1 aromatic carbocycles. The minimum absolute atomic E-state index is 0.0601. The Morgan fingerprint density at radius 3 is 2.51 bits per heavy atom. The maximum absolute atomic E-state index is 12.8. The number of alkyl carbamates (subject to hydrolysis) is 1. The van der Waals surface area contributed by atoms with Crippen LogP contribution in [0, 0.1) is 12.8 Å². The molecule has 8 heteroatoms. The van der Waals surface area contributed by atoms with E-state index in [9.17, 15) is 9.59 Å². The van der Waals surface area contributed by atoms with Crippen LogP contribution in [-0.4, -0.2) is 36.0 Å². The molecule has 1 fully saturated rings. The van der Waals surface area contributed by atoms with E-state index < -0.39 is 11.4 Å². The number of carbonyl (C=O) groups excluding carboxylic acids is 2. The molecule has 3 heterocycles. The first-order chi connectivity index (χ1) is 16.6. The summed E-state index contributed by atoms with van der Waals surface area (Å²) >= 11 is 0. The minimum Gasteiger partial charge on any atom is -0.464 e. The molecule has 5 rings (SSSR count). The molecule has 2 aliphatic heterocycles. The standard InChI is InChI=1S/C27H34N2O6/c1-15-20-18(12-13-28-24(20)30)21(19-7-6-14-32-19)23-22(15)33-27(5,34-23)16-8-10-17(11-9-16)29-25(31)35-26(2,3)4/h6-7,14,16-17H,8-13H2,1-5H3,(H,28,30)(H,29,31). The number of hydrogen-bond donors (Lipinski definition) is 2. The molecule has 1 saturated carbocycles. The van der Waals surface area contributed by atoms with Crippen molar-refractivity contribution >= 4 is 12.0 Å². The fraction of sp³-hybridized carbons (Fsp3) is 0.556. The second-order valence-electron chi connectivity index (χ2n) is 10.9. The van der Waals surface area contributed by atoms with Crippen LogP contribution < -0.4 is 20.1 Å². The van der Waals surface area contributed by atoms with Crippen LogP contribution in [0.5, 0.6) is 11.5 Å². The maximum atomic E-state index is 12.8. The van der Waals surface area contributed by atoms with Crippen molar-refractivity contribution in [3.63, 3.8) is 0 Å². The van der Waals surface area contributed by atoms with Crippen molar-refractivity contribution in [2.75, 3.05) is 6.54 Å². The summed E-state index contributed by atoms with van der Waals surface area (Å²) in [4.78, 5) is 25.0. The van der Waals surface area contributed by atoms with Gasteiger partial charge in [0.25, 0.3) is 11.7 Å². The largest absolute Gasteiger partial charge is 0.464 e. The number of furan rings is 1. The third kappa shape index (κ3) is 4.34. The summed E-state index contributed by atoms with van der Waals surface area (Å²) in [6.45, 7) is 10.0. The number of fused-ring (bicyclic) bond motifs is 2. The number of ether oxygens (including phenoxy) is 3. The van der Waals surface area contributed by atoms with Gasteiger partial charge in [-0.05, 0) is 77.5 Å². The lowest BCUT2D eigenvalue weighted by Crippen LogP contribution is -2.48. The van der Waals surface area contributed by atoms with Gasteiger partial charge in [-0.15, -0.1) is 0 Å². The van der Waals surface area contributed by atoms with Crippen LogP contribution in [0.2, 0.25) is 0 Å². The Morgan fingerprint density at radius 1 is 1.14 bits per heavy atom. The Labute approximate surface area is 205 Å². The summed E-state index contributed by atoms with van der Waals surface area (Å²) in [5.41, 5.74) is 2.68. The van der Waals surface area contributed by atoms with Gasteiger partial charge >= 0.3 is 6.09 Å². The average Bonchev–Trinajstić information content (AvgIpc) is 3.42. The quantitative estimate of drug-likeness (QED) is 0.631. The van der Waals surface area contributed by atoms with Gasteiger partial charge in [-0.1, -0.05) is 0 Å². The van der Waals surface area contributed by atoms with E-state index in [1.165, 1.54) is 0 Å². The normalized spacial score (nSPS) is 25.6. The number of hydrogen-bond acceptors (Lipinski definition) is 6. The second kappa shape index (κ2) is 8.50. The molecular formula is C27H34N2O6. The van der Waals surface area contributed by atoms with Gasteiger partial charge in [-0.2, -0.15) is 0 Å². The fourth-order valence-electron chi connectivity index (χ4n) is 5.56. The van der Waals surface area contributed by atoms with Crippen LogP contribution in [0.1, 0.15) is 74.9 Å². The summed E-state index contributed by atoms with van der Waals surface area (Å²) < 4.78 is 24.3. The molecule has 1 atom stereocenters. The molecule has 1 unspecified atom stereocenters. The Kier molecular flexibility index (Phi) is 5.73. The van der Waals surface area contributed by atoms with Crippen molar-refractivity contribution in [1.82, 2.24) is 10.6 Å². The first-order valence-corrected chi connectivity index (χ1v) is 12.4. The van der Waals surface area contributed by atoms with E-state index in [0.29, 0.717) is 35.8 Å². The summed E-state index contributed by atoms with van der Waals surface area (Å²) in [5.74, 6) is 1.11. The van der Waals surface area contributed by atoms with Crippen molar-refractivity contribution in [2.24, 2.45) is 5.92 Å². The molecule has 0 radical (unpaired) electrons. The van der Waals surface area contributed by atoms with Crippen LogP contribution in [0.3, 0.4) is 0 Å². The van der Waals surface area contributed by atoms with Crippen LogP contribution >= 0.6 is 0 Å². The third-order valence-electron chi connectivity index (χ3n) is 7.21. The summed E-state index contributed by atoms with van der Waals surface area (Å²) in [6, 6.07) is 3.79. The Morgan fingerprint density at radius 2 is 1.86 bits per heavy atom.